The second-order valence-electron chi connectivity index (χ2n) is 10.0. The lowest BCUT2D eigenvalue weighted by atomic mass is 10.1. The number of phosphoric ester groups is 1. The zero-order valence-corrected chi connectivity index (χ0v) is 23.7. The lowest BCUT2D eigenvalue weighted by Gasteiger charge is -2.25. The molecule has 1 unspecified atom stereocenters. The summed E-state index contributed by atoms with van der Waals surface area (Å²) < 4.78 is 101. The SMILES string of the molecule is Nc1ncnc2c1ncn2[C@@H]1O[C@@H]2CNS(=O)(=O)O[C@H]3C[C@H](n4cc(F)c5c(=O)[nH]cnc54)O[C@@H]3COP(=O)(O)O[C@H]2[C@H]1F. The Morgan fingerprint density at radius 1 is 1.11 bits per heavy atom. The molecule has 0 saturated carbocycles. The van der Waals surface area contributed by atoms with Gasteiger partial charge in [0, 0.05) is 19.2 Å². The first-order valence-electron chi connectivity index (χ1n) is 12.9. The quantitative estimate of drug-likeness (QED) is 0.199. The van der Waals surface area contributed by atoms with Crippen LogP contribution in [0.2, 0.25) is 0 Å². The molecule has 19 nitrogen and oxygen atoms in total. The molecule has 8 atom stereocenters. The van der Waals surface area contributed by atoms with E-state index in [9.17, 15) is 27.1 Å². The molecule has 3 aliphatic heterocycles. The van der Waals surface area contributed by atoms with Gasteiger partial charge in [0.2, 0.25) is 0 Å². The number of phosphoric acid groups is 1. The zero-order chi connectivity index (χ0) is 31.0. The topological polar surface area (TPSA) is 250 Å². The van der Waals surface area contributed by atoms with Crippen LogP contribution in [0.4, 0.5) is 14.6 Å². The highest BCUT2D eigenvalue weighted by molar-refractivity contribution is 7.84. The summed E-state index contributed by atoms with van der Waals surface area (Å²) in [6.07, 6.45) is -6.70. The molecule has 0 amide bonds. The number of fused-ring (bicyclic) bond motifs is 4. The predicted octanol–water partition coefficient (Wildman–Crippen LogP) is -0.456. The fraction of sp³-hybridized carbons (Fsp3) is 0.476. The van der Waals surface area contributed by atoms with E-state index in [-0.39, 0.29) is 34.4 Å². The van der Waals surface area contributed by atoms with Crippen molar-refractivity contribution in [1.29, 1.82) is 0 Å². The highest BCUT2D eigenvalue weighted by Crippen LogP contribution is 2.50. The molecule has 3 aliphatic rings. The third kappa shape index (κ3) is 5.06. The molecule has 5 N–H and O–H groups in total. The Kier molecular flexibility index (Phi) is 7.02. The van der Waals surface area contributed by atoms with Gasteiger partial charge in [-0.15, -0.1) is 0 Å². The van der Waals surface area contributed by atoms with E-state index in [4.69, 9.17) is 28.4 Å². The summed E-state index contributed by atoms with van der Waals surface area (Å²) in [5.41, 5.74) is 5.18. The van der Waals surface area contributed by atoms with Crippen molar-refractivity contribution in [2.24, 2.45) is 0 Å². The number of hydrogen-bond donors (Lipinski definition) is 4. The summed E-state index contributed by atoms with van der Waals surface area (Å²) in [5, 5.41) is -0.355. The molecule has 3 saturated heterocycles. The number of hydrogen-bond acceptors (Lipinski definition) is 14. The van der Waals surface area contributed by atoms with E-state index in [2.05, 4.69) is 29.6 Å². The number of nitrogens with one attached hydrogen (secondary N) is 2. The molecule has 7 rings (SSSR count). The second-order valence-corrected chi connectivity index (χ2v) is 12.8. The molecule has 0 radical (unpaired) electrons. The molecule has 0 aliphatic carbocycles. The van der Waals surface area contributed by atoms with Gasteiger partial charge in [0.15, 0.2) is 35.3 Å². The van der Waals surface area contributed by atoms with Crippen LogP contribution in [0.25, 0.3) is 22.2 Å². The van der Waals surface area contributed by atoms with Crippen molar-refractivity contribution in [2.75, 3.05) is 18.9 Å². The average molecular weight is 661 g/mol. The number of nitrogen functional groups attached to an aromatic ring is 1. The lowest BCUT2D eigenvalue weighted by Crippen LogP contribution is -2.43. The van der Waals surface area contributed by atoms with Gasteiger partial charge in [0.25, 0.3) is 5.56 Å². The third-order valence-corrected chi connectivity index (χ3v) is 9.36. The number of ether oxygens (including phenoxy) is 2. The molecule has 44 heavy (non-hydrogen) atoms. The minimum Gasteiger partial charge on any atom is -0.382 e. The zero-order valence-electron chi connectivity index (χ0n) is 22.0. The summed E-state index contributed by atoms with van der Waals surface area (Å²) in [6.45, 7) is -1.42. The number of H-pyrrole nitrogens is 1. The molecular weight excluding hydrogens is 639 g/mol. The highest BCUT2D eigenvalue weighted by Gasteiger charge is 2.52. The predicted molar refractivity (Wildman–Crippen MR) is 140 cm³/mol. The van der Waals surface area contributed by atoms with Crippen molar-refractivity contribution in [2.45, 2.75) is 49.5 Å². The van der Waals surface area contributed by atoms with Crippen molar-refractivity contribution in [3.63, 3.8) is 0 Å². The molecule has 0 aromatic carbocycles. The van der Waals surface area contributed by atoms with Gasteiger partial charge in [-0.25, -0.2) is 33.3 Å². The molecule has 3 fully saturated rings. The Balaban J connectivity index is 1.16. The van der Waals surface area contributed by atoms with Crippen LogP contribution < -0.4 is 16.0 Å². The summed E-state index contributed by atoms with van der Waals surface area (Å²) in [6, 6.07) is 0. The van der Waals surface area contributed by atoms with Gasteiger partial charge in [0.1, 0.15) is 47.9 Å². The number of nitrogens with zero attached hydrogens (tertiary/aromatic N) is 6. The monoisotopic (exact) mass is 661 g/mol. The summed E-state index contributed by atoms with van der Waals surface area (Å²) >= 11 is 0. The van der Waals surface area contributed by atoms with Crippen LogP contribution in [-0.4, -0.2) is 91.1 Å². The van der Waals surface area contributed by atoms with Crippen LogP contribution in [0.1, 0.15) is 18.9 Å². The maximum Gasteiger partial charge on any atom is 0.472 e. The molecule has 0 spiro atoms. The van der Waals surface area contributed by atoms with Gasteiger partial charge in [-0.2, -0.15) is 13.1 Å². The standard InChI is InChI=1S/C21H22F2N9O10PS/c22-8-3-31(18-13(8)20(33)28-6-26-18)12-1-9-11(39-12)4-38-43(34,35)41-16-10(2-30-44(36,37)42-9)40-21(14(16)23)32-7-29-15-17(24)25-5-27-19(15)32/h3,5-7,9-12,14,16,21,30H,1-2,4H2,(H,34,35)(H2,24,25,27)(H,26,28,33)/t9-,10+,11+,12+,14+,16+,21+/m0/s1. The van der Waals surface area contributed by atoms with Crippen LogP contribution in [0.15, 0.2) is 30.0 Å². The van der Waals surface area contributed by atoms with Crippen LogP contribution >= 0.6 is 7.82 Å². The molecule has 4 aromatic rings. The Bertz CT molecular complexity index is 1970. The molecule has 236 valence electrons. The number of imidazole rings is 1. The summed E-state index contributed by atoms with van der Waals surface area (Å²) in [7, 11) is -9.64. The van der Waals surface area contributed by atoms with Crippen LogP contribution in [0.3, 0.4) is 0 Å². The first kappa shape index (κ1) is 29.3. The van der Waals surface area contributed by atoms with Gasteiger partial charge in [0.05, 0.1) is 19.3 Å². The fourth-order valence-electron chi connectivity index (χ4n) is 5.39. The molecule has 0 bridgehead atoms. The van der Waals surface area contributed by atoms with Crippen molar-refractivity contribution in [3.8, 4) is 0 Å². The van der Waals surface area contributed by atoms with E-state index in [1.165, 1.54) is 6.33 Å². The fourth-order valence-corrected chi connectivity index (χ4v) is 7.31. The van der Waals surface area contributed by atoms with E-state index in [1.807, 2.05) is 0 Å². The van der Waals surface area contributed by atoms with Crippen molar-refractivity contribution >= 4 is 46.1 Å². The second kappa shape index (κ2) is 10.6. The summed E-state index contributed by atoms with van der Waals surface area (Å²) in [4.78, 5) is 40.7. The van der Waals surface area contributed by atoms with E-state index in [0.717, 1.165) is 28.0 Å². The Labute approximate surface area is 244 Å². The molecule has 23 heteroatoms. The van der Waals surface area contributed by atoms with Gasteiger partial charge in [-0.1, -0.05) is 0 Å². The number of anilines is 1. The van der Waals surface area contributed by atoms with Gasteiger partial charge in [-0.3, -0.25) is 22.6 Å². The number of halogens is 2. The smallest absolute Gasteiger partial charge is 0.382 e. The lowest BCUT2D eigenvalue weighted by molar-refractivity contribution is -0.0469. The van der Waals surface area contributed by atoms with Crippen LogP contribution in [0, 0.1) is 5.82 Å². The number of rotatable bonds is 2. The van der Waals surface area contributed by atoms with E-state index >= 15 is 4.39 Å². The number of aromatic nitrogens is 7. The molecular formula is C21H22F2N9O10PS. The van der Waals surface area contributed by atoms with Crippen molar-refractivity contribution < 1.29 is 49.4 Å². The van der Waals surface area contributed by atoms with Crippen molar-refractivity contribution in [3.05, 3.63) is 41.3 Å². The number of alkyl halides is 1. The van der Waals surface area contributed by atoms with Crippen LogP contribution in [0.5, 0.6) is 0 Å². The van der Waals surface area contributed by atoms with Crippen LogP contribution in [-0.2, 0) is 37.6 Å². The number of aromatic amines is 1. The largest absolute Gasteiger partial charge is 0.472 e. The van der Waals surface area contributed by atoms with E-state index in [0.29, 0.717) is 0 Å². The third-order valence-electron chi connectivity index (χ3n) is 7.36. The maximum absolute atomic E-state index is 15.8. The Morgan fingerprint density at radius 3 is 2.75 bits per heavy atom. The number of nitrogens with two attached hydrogens (primary N) is 1. The normalized spacial score (nSPS) is 34.4. The minimum absolute atomic E-state index is 0.0121. The van der Waals surface area contributed by atoms with Gasteiger partial charge in [-0.05, 0) is 0 Å². The minimum atomic E-state index is -5.05. The first-order valence-corrected chi connectivity index (χ1v) is 15.8. The average Bonchev–Trinajstić information content (AvgIpc) is 3.72. The molecule has 4 aromatic heterocycles. The highest BCUT2D eigenvalue weighted by atomic mass is 32.2. The maximum atomic E-state index is 15.8. The first-order chi connectivity index (χ1) is 20.9. The Morgan fingerprint density at radius 2 is 1.93 bits per heavy atom. The molecule has 7 heterocycles. The van der Waals surface area contributed by atoms with Gasteiger partial charge >= 0.3 is 18.1 Å². The summed E-state index contributed by atoms with van der Waals surface area (Å²) in [5.74, 6) is -0.896. The Hall–Kier alpha value is -3.47. The van der Waals surface area contributed by atoms with E-state index in [1.54, 1.807) is 0 Å². The van der Waals surface area contributed by atoms with Gasteiger partial charge < -0.3 is 29.7 Å². The van der Waals surface area contributed by atoms with E-state index < -0.39 is 85.7 Å². The van der Waals surface area contributed by atoms with Crippen molar-refractivity contribution in [1.82, 2.24) is 38.8 Å².